The Labute approximate surface area is 416 Å². The van der Waals surface area contributed by atoms with Crippen molar-refractivity contribution in [3.05, 3.63) is 228 Å². The van der Waals surface area contributed by atoms with Crippen molar-refractivity contribution in [2.24, 2.45) is 25.6 Å². The van der Waals surface area contributed by atoms with Crippen molar-refractivity contribution in [1.29, 1.82) is 0 Å². The summed E-state index contributed by atoms with van der Waals surface area (Å²) in [5, 5.41) is 8.65. The third-order valence-corrected chi connectivity index (χ3v) is 12.7. The zero-order valence-corrected chi connectivity index (χ0v) is 39.9. The minimum absolute atomic E-state index is 0.00196. The van der Waals surface area contributed by atoms with E-state index in [1.807, 2.05) is 157 Å². The van der Waals surface area contributed by atoms with Crippen LogP contribution in [0.15, 0.2) is 183 Å². The summed E-state index contributed by atoms with van der Waals surface area (Å²) in [4.78, 5) is 65.6. The average molecular weight is 955 g/mol. The lowest BCUT2D eigenvalue weighted by Gasteiger charge is -2.18. The Morgan fingerprint density at radius 3 is 1.26 bits per heavy atom. The van der Waals surface area contributed by atoms with Crippen molar-refractivity contribution >= 4 is 45.2 Å². The Hall–Kier alpha value is -8.98. The van der Waals surface area contributed by atoms with Gasteiger partial charge in [-0.2, -0.15) is 0 Å². The molecule has 14 nitrogen and oxygen atoms in total. The number of fused-ring (bicyclic) bond motifs is 2. The molecule has 0 aliphatic rings. The fourth-order valence-electron chi connectivity index (χ4n) is 8.82. The molecule has 6 aromatic carbocycles. The molecular formula is C58H54N10O4. The largest absolute Gasteiger partial charge is 0.366 e. The van der Waals surface area contributed by atoms with Gasteiger partial charge in [-0.05, 0) is 71.5 Å². The number of ketones is 2. The number of benzene rings is 6. The Morgan fingerprint density at radius 2 is 0.917 bits per heavy atom. The third kappa shape index (κ3) is 11.1. The molecule has 10 rings (SSSR count). The summed E-state index contributed by atoms with van der Waals surface area (Å²) in [5.74, 6) is -0.884. The standard InChI is InChI=1S/2C29H27N5O2/c2*1-34-17-26(33-18-34)22-11-12-23-24(16-32-25(23)15-22)28(35)27(20-5-3-2-4-6-20)31-14-13-19-7-9-21(10-8-19)29(30)36/h2*2-12,15-18,27,31-32H,13-14H2,1H3,(H2,30,36)/t2*27-/m10/s1. The van der Waals surface area contributed by atoms with Crippen LogP contribution in [0.2, 0.25) is 0 Å². The Bertz CT molecular complexity index is 3270. The van der Waals surface area contributed by atoms with Crippen LogP contribution < -0.4 is 22.1 Å². The smallest absolute Gasteiger partial charge is 0.248 e. The van der Waals surface area contributed by atoms with Gasteiger partial charge in [-0.1, -0.05) is 109 Å². The van der Waals surface area contributed by atoms with Gasteiger partial charge in [-0.15, -0.1) is 0 Å². The summed E-state index contributed by atoms with van der Waals surface area (Å²) in [5.41, 5.74) is 22.4. The molecule has 14 heteroatoms. The maximum atomic E-state index is 13.8. The number of amides is 2. The van der Waals surface area contributed by atoms with Gasteiger partial charge in [-0.3, -0.25) is 19.2 Å². The van der Waals surface area contributed by atoms with E-state index in [9.17, 15) is 19.2 Å². The van der Waals surface area contributed by atoms with Crippen LogP contribution in [0.25, 0.3) is 44.3 Å². The van der Waals surface area contributed by atoms with Gasteiger partial charge in [0.15, 0.2) is 11.6 Å². The lowest BCUT2D eigenvalue weighted by Crippen LogP contribution is -2.30. The number of carbonyl (C=O) groups excluding carboxylic acids is 4. The minimum atomic E-state index is -0.495. The fraction of sp³-hybridized carbons (Fsp3) is 0.138. The lowest BCUT2D eigenvalue weighted by atomic mass is 9.96. The summed E-state index contributed by atoms with van der Waals surface area (Å²) < 4.78 is 3.82. The summed E-state index contributed by atoms with van der Waals surface area (Å²) in [6.07, 6.45) is 12.5. The highest BCUT2D eigenvalue weighted by Gasteiger charge is 2.26. The number of aromatic amines is 2. The number of rotatable bonds is 18. The predicted molar refractivity (Wildman–Crippen MR) is 281 cm³/mol. The highest BCUT2D eigenvalue weighted by molar-refractivity contribution is 6.12. The maximum Gasteiger partial charge on any atom is 0.248 e. The monoisotopic (exact) mass is 954 g/mol. The molecule has 0 aliphatic carbocycles. The minimum Gasteiger partial charge on any atom is -0.366 e. The molecule has 4 aromatic heterocycles. The van der Waals surface area contributed by atoms with E-state index in [1.165, 1.54) is 0 Å². The van der Waals surface area contributed by atoms with Crippen LogP contribution in [0.1, 0.15) is 75.8 Å². The zero-order chi connectivity index (χ0) is 50.1. The molecule has 0 fully saturated rings. The average Bonchev–Trinajstić information content (AvgIpc) is 4.24. The number of aromatic nitrogens is 6. The summed E-state index contributed by atoms with van der Waals surface area (Å²) in [6.45, 7) is 1.18. The molecule has 8 N–H and O–H groups in total. The van der Waals surface area contributed by atoms with Gasteiger partial charge < -0.3 is 41.2 Å². The van der Waals surface area contributed by atoms with E-state index in [-0.39, 0.29) is 11.6 Å². The highest BCUT2D eigenvalue weighted by atomic mass is 16.2. The van der Waals surface area contributed by atoms with Crippen molar-refractivity contribution < 1.29 is 19.2 Å². The van der Waals surface area contributed by atoms with E-state index in [0.717, 1.165) is 66.6 Å². The number of aryl methyl sites for hydroxylation is 2. The van der Waals surface area contributed by atoms with Crippen LogP contribution in [0.4, 0.5) is 0 Å². The van der Waals surface area contributed by atoms with Gasteiger partial charge in [-0.25, -0.2) is 9.97 Å². The van der Waals surface area contributed by atoms with Crippen molar-refractivity contribution in [3.8, 4) is 22.5 Å². The first-order chi connectivity index (χ1) is 35.0. The van der Waals surface area contributed by atoms with Gasteiger partial charge in [0.1, 0.15) is 0 Å². The molecular weight excluding hydrogens is 901 g/mol. The second-order valence-corrected chi connectivity index (χ2v) is 17.7. The number of nitrogens with two attached hydrogens (primary N) is 2. The normalized spacial score (nSPS) is 12.0. The Kier molecular flexibility index (Phi) is 14.5. The molecule has 72 heavy (non-hydrogen) atoms. The van der Waals surface area contributed by atoms with E-state index in [1.54, 1.807) is 49.3 Å². The third-order valence-electron chi connectivity index (χ3n) is 12.7. The number of hydrogen-bond donors (Lipinski definition) is 6. The van der Waals surface area contributed by atoms with Crippen LogP contribution in [0, 0.1) is 0 Å². The summed E-state index contributed by atoms with van der Waals surface area (Å²) in [6, 6.07) is 44.9. The number of nitrogens with one attached hydrogen (secondary N) is 4. The van der Waals surface area contributed by atoms with E-state index in [2.05, 4.69) is 30.6 Å². The Morgan fingerprint density at radius 1 is 0.528 bits per heavy atom. The SMILES string of the molecule is Cn1cnc(-c2ccc3c(C(=O)[C@@H](NCCc4ccc(C(N)=O)cc4)c4ccccc4)c[nH]c3c2)c1.Cn1cnc(-c2ccc3c(C(=O)[C@H](NCCc4ccc(C(N)=O)cc4)c4ccccc4)c[nH]c3c2)c1. The molecule has 360 valence electrons. The number of carbonyl (C=O) groups is 4. The number of primary amides is 2. The van der Waals surface area contributed by atoms with E-state index >= 15 is 0 Å². The molecule has 0 unspecified atom stereocenters. The molecule has 0 bridgehead atoms. The van der Waals surface area contributed by atoms with Crippen LogP contribution in [-0.4, -0.2) is 65.5 Å². The molecule has 0 spiro atoms. The lowest BCUT2D eigenvalue weighted by molar-refractivity contribution is 0.0937. The maximum absolute atomic E-state index is 13.8. The van der Waals surface area contributed by atoms with Crippen LogP contribution >= 0.6 is 0 Å². The van der Waals surface area contributed by atoms with E-state index in [0.29, 0.717) is 48.2 Å². The van der Waals surface area contributed by atoms with Gasteiger partial charge in [0.2, 0.25) is 11.8 Å². The topological polar surface area (TPSA) is 212 Å². The molecule has 0 radical (unpaired) electrons. The van der Waals surface area contributed by atoms with Crippen LogP contribution in [0.3, 0.4) is 0 Å². The van der Waals surface area contributed by atoms with Crippen molar-refractivity contribution in [3.63, 3.8) is 0 Å². The van der Waals surface area contributed by atoms with Gasteiger partial charge >= 0.3 is 0 Å². The summed E-state index contributed by atoms with van der Waals surface area (Å²) >= 11 is 0. The molecule has 0 aliphatic heterocycles. The zero-order valence-electron chi connectivity index (χ0n) is 39.9. The highest BCUT2D eigenvalue weighted by Crippen LogP contribution is 2.30. The first-order valence-corrected chi connectivity index (χ1v) is 23.6. The second kappa shape index (κ2) is 21.8. The number of nitrogens with zero attached hydrogens (tertiary/aromatic N) is 4. The number of Topliss-reactive ketones (excluding diaryl/α,β-unsaturated/α-hetero) is 2. The first-order valence-electron chi connectivity index (χ1n) is 23.6. The molecule has 0 saturated heterocycles. The van der Waals surface area contributed by atoms with Crippen molar-refractivity contribution in [1.82, 2.24) is 39.7 Å². The van der Waals surface area contributed by atoms with E-state index < -0.39 is 23.9 Å². The number of hydrogen-bond acceptors (Lipinski definition) is 8. The van der Waals surface area contributed by atoms with Crippen LogP contribution in [-0.2, 0) is 26.9 Å². The summed E-state index contributed by atoms with van der Waals surface area (Å²) in [7, 11) is 3.88. The molecule has 2 amide bonds. The second-order valence-electron chi connectivity index (χ2n) is 17.7. The molecule has 2 atom stereocenters. The first kappa shape index (κ1) is 48.1. The predicted octanol–water partition coefficient (Wildman–Crippen LogP) is 8.85. The van der Waals surface area contributed by atoms with Crippen LogP contribution in [0.5, 0.6) is 0 Å². The number of H-pyrrole nitrogens is 2. The van der Waals surface area contributed by atoms with Gasteiger partial charge in [0.25, 0.3) is 0 Å². The quantitative estimate of drug-likeness (QED) is 0.0456. The molecule has 10 aromatic rings. The van der Waals surface area contributed by atoms with Gasteiger partial charge in [0, 0.05) is 107 Å². The van der Waals surface area contributed by atoms with Crippen molar-refractivity contribution in [2.75, 3.05) is 13.1 Å². The van der Waals surface area contributed by atoms with Gasteiger partial charge in [0.05, 0.1) is 36.1 Å². The van der Waals surface area contributed by atoms with E-state index in [4.69, 9.17) is 11.5 Å². The molecule has 0 saturated carbocycles. The van der Waals surface area contributed by atoms with Crippen molar-refractivity contribution in [2.45, 2.75) is 24.9 Å². The fourth-order valence-corrected chi connectivity index (χ4v) is 8.82. The molecule has 4 heterocycles. The Balaban J connectivity index is 0.000000178. The number of imidazole rings is 2.